The molecule has 0 radical (unpaired) electrons. The fourth-order valence-corrected chi connectivity index (χ4v) is 3.25. The number of anilines is 1. The first-order chi connectivity index (χ1) is 11.5. The summed E-state index contributed by atoms with van der Waals surface area (Å²) in [5, 5.41) is 0. The fourth-order valence-electron chi connectivity index (χ4n) is 3.25. The summed E-state index contributed by atoms with van der Waals surface area (Å²) in [6.07, 6.45) is 2.33. The molecule has 3 nitrogen and oxygen atoms in total. The third-order valence-corrected chi connectivity index (χ3v) is 4.40. The van der Waals surface area contributed by atoms with Crippen LogP contribution in [0.15, 0.2) is 42.5 Å². The van der Waals surface area contributed by atoms with E-state index in [-0.39, 0.29) is 11.9 Å². The first kappa shape index (κ1) is 16.6. The van der Waals surface area contributed by atoms with Gasteiger partial charge in [0, 0.05) is 17.8 Å². The van der Waals surface area contributed by atoms with Crippen molar-refractivity contribution >= 4 is 11.5 Å². The van der Waals surface area contributed by atoms with E-state index in [4.69, 9.17) is 4.74 Å². The van der Waals surface area contributed by atoms with Crippen molar-refractivity contribution in [3.05, 3.63) is 59.2 Å². The van der Waals surface area contributed by atoms with Crippen LogP contribution >= 0.6 is 0 Å². The molecule has 0 amide bonds. The van der Waals surface area contributed by atoms with E-state index in [1.54, 1.807) is 0 Å². The zero-order valence-corrected chi connectivity index (χ0v) is 14.7. The minimum atomic E-state index is 0.134. The molecule has 24 heavy (non-hydrogen) atoms. The molecule has 0 saturated carbocycles. The first-order valence-corrected chi connectivity index (χ1v) is 8.68. The summed E-state index contributed by atoms with van der Waals surface area (Å²) < 4.78 is 5.75. The molecule has 0 N–H and O–H groups in total. The van der Waals surface area contributed by atoms with Gasteiger partial charge in [-0.1, -0.05) is 18.2 Å². The standard InChI is InChI=1S/C21H25NO2/c1-15(2)24-21-11-10-18(13-16(21)3)20(23)14-22-12-6-8-17-7-4-5-9-19(17)22/h4-5,7,9-11,13,15H,6,8,12,14H2,1-3H3. The van der Waals surface area contributed by atoms with Gasteiger partial charge in [0.25, 0.3) is 0 Å². The molecule has 0 atom stereocenters. The van der Waals surface area contributed by atoms with Crippen LogP contribution in [0.2, 0.25) is 0 Å². The quantitative estimate of drug-likeness (QED) is 0.763. The lowest BCUT2D eigenvalue weighted by Crippen LogP contribution is -2.34. The van der Waals surface area contributed by atoms with Crippen molar-refractivity contribution in [1.82, 2.24) is 0 Å². The number of carbonyl (C=O) groups is 1. The van der Waals surface area contributed by atoms with Crippen molar-refractivity contribution in [3.63, 3.8) is 0 Å². The molecule has 2 aromatic carbocycles. The number of ether oxygens (including phenoxy) is 1. The maximum atomic E-state index is 12.7. The molecule has 0 aliphatic carbocycles. The van der Waals surface area contributed by atoms with Gasteiger partial charge in [-0.2, -0.15) is 0 Å². The predicted octanol–water partition coefficient (Wildman–Crippen LogP) is 4.42. The van der Waals surface area contributed by atoms with Crippen LogP contribution in [0.1, 0.15) is 41.8 Å². The topological polar surface area (TPSA) is 29.5 Å². The Morgan fingerprint density at radius 2 is 2.00 bits per heavy atom. The highest BCUT2D eigenvalue weighted by Gasteiger charge is 2.19. The Bertz CT molecular complexity index is 736. The molecule has 1 aliphatic heterocycles. The molecule has 0 saturated heterocycles. The van der Waals surface area contributed by atoms with Gasteiger partial charge in [0.05, 0.1) is 12.6 Å². The number of rotatable bonds is 5. The largest absolute Gasteiger partial charge is 0.491 e. The van der Waals surface area contributed by atoms with Gasteiger partial charge in [0.2, 0.25) is 0 Å². The van der Waals surface area contributed by atoms with Gasteiger partial charge in [-0.05, 0) is 69.0 Å². The monoisotopic (exact) mass is 323 g/mol. The molecule has 126 valence electrons. The molecular weight excluding hydrogens is 298 g/mol. The average molecular weight is 323 g/mol. The van der Waals surface area contributed by atoms with Crippen LogP contribution in [0, 0.1) is 6.92 Å². The Kier molecular flexibility index (Phi) is 4.89. The molecule has 0 spiro atoms. The van der Waals surface area contributed by atoms with Crippen molar-refractivity contribution in [2.45, 2.75) is 39.7 Å². The second kappa shape index (κ2) is 7.08. The summed E-state index contributed by atoms with van der Waals surface area (Å²) in [5.74, 6) is 1.01. The minimum absolute atomic E-state index is 0.134. The van der Waals surface area contributed by atoms with Crippen molar-refractivity contribution < 1.29 is 9.53 Å². The van der Waals surface area contributed by atoms with Crippen molar-refractivity contribution in [2.24, 2.45) is 0 Å². The first-order valence-electron chi connectivity index (χ1n) is 8.68. The second-order valence-corrected chi connectivity index (χ2v) is 6.72. The van der Waals surface area contributed by atoms with E-state index in [2.05, 4.69) is 23.1 Å². The van der Waals surface area contributed by atoms with Crippen LogP contribution in [0.25, 0.3) is 0 Å². The van der Waals surface area contributed by atoms with Crippen molar-refractivity contribution in [3.8, 4) is 5.75 Å². The highest BCUT2D eigenvalue weighted by molar-refractivity contribution is 5.99. The minimum Gasteiger partial charge on any atom is -0.491 e. The summed E-state index contributed by atoms with van der Waals surface area (Å²) in [6, 6.07) is 14.1. The van der Waals surface area contributed by atoms with Crippen molar-refractivity contribution in [2.75, 3.05) is 18.0 Å². The molecule has 1 aliphatic rings. The third kappa shape index (κ3) is 3.61. The summed E-state index contributed by atoms with van der Waals surface area (Å²) in [6.45, 7) is 7.38. The van der Waals surface area contributed by atoms with Crippen LogP contribution in [-0.4, -0.2) is 25.0 Å². The predicted molar refractivity (Wildman–Crippen MR) is 98.2 cm³/mol. The third-order valence-electron chi connectivity index (χ3n) is 4.40. The molecule has 0 unspecified atom stereocenters. The van der Waals surface area contributed by atoms with E-state index < -0.39 is 0 Å². The Morgan fingerprint density at radius 1 is 1.21 bits per heavy atom. The van der Waals surface area contributed by atoms with Gasteiger partial charge in [0.1, 0.15) is 5.75 Å². The van der Waals surface area contributed by atoms with E-state index in [1.165, 1.54) is 11.3 Å². The highest BCUT2D eigenvalue weighted by Crippen LogP contribution is 2.27. The molecular formula is C21H25NO2. The number of para-hydroxylation sites is 1. The number of hydrogen-bond acceptors (Lipinski definition) is 3. The van der Waals surface area contributed by atoms with Gasteiger partial charge in [-0.3, -0.25) is 4.79 Å². The van der Waals surface area contributed by atoms with Crippen LogP contribution in [0.4, 0.5) is 5.69 Å². The SMILES string of the molecule is Cc1cc(C(=O)CN2CCCc3ccccc32)ccc1OC(C)C. The van der Waals surface area contributed by atoms with Gasteiger partial charge in [-0.25, -0.2) is 0 Å². The summed E-state index contributed by atoms with van der Waals surface area (Å²) in [7, 11) is 0. The maximum Gasteiger partial charge on any atom is 0.182 e. The van der Waals surface area contributed by atoms with E-state index in [0.717, 1.165) is 36.3 Å². The average Bonchev–Trinajstić information content (AvgIpc) is 2.56. The molecule has 0 bridgehead atoms. The van der Waals surface area contributed by atoms with Crippen LogP contribution in [0.3, 0.4) is 0 Å². The van der Waals surface area contributed by atoms with E-state index in [9.17, 15) is 4.79 Å². The zero-order chi connectivity index (χ0) is 17.1. The number of fused-ring (bicyclic) bond motifs is 1. The van der Waals surface area contributed by atoms with Crippen molar-refractivity contribution in [1.29, 1.82) is 0 Å². The Balaban J connectivity index is 1.75. The Hall–Kier alpha value is -2.29. The number of ketones is 1. The van der Waals surface area contributed by atoms with E-state index in [1.807, 2.05) is 45.0 Å². The molecule has 3 rings (SSSR count). The van der Waals surface area contributed by atoms with Gasteiger partial charge >= 0.3 is 0 Å². The Labute approximate surface area is 144 Å². The molecule has 2 aromatic rings. The number of aryl methyl sites for hydroxylation is 2. The highest BCUT2D eigenvalue weighted by atomic mass is 16.5. The van der Waals surface area contributed by atoms with Crippen LogP contribution in [-0.2, 0) is 6.42 Å². The number of Topliss-reactive ketones (excluding diaryl/α,β-unsaturated/α-hetero) is 1. The number of benzene rings is 2. The summed E-state index contributed by atoms with van der Waals surface area (Å²) in [5.41, 5.74) is 4.31. The summed E-state index contributed by atoms with van der Waals surface area (Å²) in [4.78, 5) is 14.9. The summed E-state index contributed by atoms with van der Waals surface area (Å²) >= 11 is 0. The van der Waals surface area contributed by atoms with E-state index >= 15 is 0 Å². The molecule has 0 fully saturated rings. The molecule has 1 heterocycles. The van der Waals surface area contributed by atoms with Gasteiger partial charge < -0.3 is 9.64 Å². The molecule has 0 aromatic heterocycles. The molecule has 3 heteroatoms. The normalized spacial score (nSPS) is 13.8. The maximum absolute atomic E-state index is 12.7. The lowest BCUT2D eigenvalue weighted by molar-refractivity contribution is 0.0998. The van der Waals surface area contributed by atoms with Crippen LogP contribution < -0.4 is 9.64 Å². The number of hydrogen-bond donors (Lipinski definition) is 0. The number of carbonyl (C=O) groups excluding carboxylic acids is 1. The van der Waals surface area contributed by atoms with Gasteiger partial charge in [0.15, 0.2) is 5.78 Å². The lowest BCUT2D eigenvalue weighted by atomic mass is 10.0. The Morgan fingerprint density at radius 3 is 2.75 bits per heavy atom. The van der Waals surface area contributed by atoms with Crippen LogP contribution in [0.5, 0.6) is 5.75 Å². The second-order valence-electron chi connectivity index (χ2n) is 6.72. The lowest BCUT2D eigenvalue weighted by Gasteiger charge is -2.30. The smallest absolute Gasteiger partial charge is 0.182 e. The van der Waals surface area contributed by atoms with E-state index in [0.29, 0.717) is 6.54 Å². The van der Waals surface area contributed by atoms with Gasteiger partial charge in [-0.15, -0.1) is 0 Å². The zero-order valence-electron chi connectivity index (χ0n) is 14.7. The number of nitrogens with zero attached hydrogens (tertiary/aromatic N) is 1. The fraction of sp³-hybridized carbons (Fsp3) is 0.381.